The fourth-order valence-corrected chi connectivity index (χ4v) is 5.30. The Kier molecular flexibility index (Phi) is 7.20. The van der Waals surface area contributed by atoms with Crippen LogP contribution in [0.4, 0.5) is 5.69 Å². The molecule has 0 aliphatic carbocycles. The monoisotopic (exact) mass is 550 g/mol. The van der Waals surface area contributed by atoms with E-state index in [4.69, 9.17) is 15.7 Å². The molecule has 0 bridgehead atoms. The zero-order valence-corrected chi connectivity index (χ0v) is 23.6. The molecule has 0 spiro atoms. The zero-order valence-electron chi connectivity index (χ0n) is 20.8. The summed E-state index contributed by atoms with van der Waals surface area (Å²) >= 11 is 0. The molecule has 1 fully saturated rings. The van der Waals surface area contributed by atoms with E-state index < -0.39 is 0 Å². The van der Waals surface area contributed by atoms with Gasteiger partial charge in [-0.25, -0.2) is 9.50 Å². The summed E-state index contributed by atoms with van der Waals surface area (Å²) < 4.78 is 1.97. The number of likely N-dealkylation sites (tertiary alicyclic amines) is 1. The molecule has 6 nitrogen and oxygen atoms in total. The smallest absolute Gasteiger partial charge is 0.134 e. The number of nitrogen functional groups attached to an aromatic ring is 1. The molecule has 0 unspecified atom stereocenters. The number of piperidine rings is 1. The van der Waals surface area contributed by atoms with E-state index in [1.807, 2.05) is 34.8 Å². The molecule has 179 valence electrons. The van der Waals surface area contributed by atoms with E-state index >= 15 is 0 Å². The number of fused-ring (bicyclic) bond motifs is 2. The molecule has 4 heterocycles. The molecule has 1 radical (unpaired) electrons. The van der Waals surface area contributed by atoms with E-state index in [1.54, 1.807) is 6.20 Å². The summed E-state index contributed by atoms with van der Waals surface area (Å²) in [4.78, 5) is 12.7. The van der Waals surface area contributed by atoms with Crippen LogP contribution in [0.25, 0.3) is 38.9 Å². The third-order valence-electron chi connectivity index (χ3n) is 7.34. The topological polar surface area (TPSA) is 72.3 Å². The molecule has 1 saturated heterocycles. The van der Waals surface area contributed by atoms with Gasteiger partial charge in [0.25, 0.3) is 0 Å². The third kappa shape index (κ3) is 4.36. The van der Waals surface area contributed by atoms with Crippen LogP contribution in [0.5, 0.6) is 0 Å². The van der Waals surface area contributed by atoms with Crippen molar-refractivity contribution in [1.29, 1.82) is 0 Å². The Morgan fingerprint density at radius 1 is 1.03 bits per heavy atom. The van der Waals surface area contributed by atoms with E-state index in [9.17, 15) is 0 Å². The van der Waals surface area contributed by atoms with Gasteiger partial charge in [-0.2, -0.15) is 5.10 Å². The molecular weight excluding hydrogens is 521 g/mol. The first kappa shape index (κ1) is 25.0. The Balaban J connectivity index is 0.00000267. The largest absolute Gasteiger partial charge is 0.397 e. The predicted octanol–water partition coefficient (Wildman–Crippen LogP) is 5.50. The van der Waals surface area contributed by atoms with Crippen LogP contribution in [-0.2, 0) is 32.7 Å². The number of hydrogen-bond donors (Lipinski definition) is 1. The van der Waals surface area contributed by atoms with Crippen molar-refractivity contribution in [3.63, 3.8) is 0 Å². The van der Waals surface area contributed by atoms with E-state index in [1.165, 1.54) is 0 Å². The first-order chi connectivity index (χ1) is 17.1. The first-order valence-corrected chi connectivity index (χ1v) is 12.4. The van der Waals surface area contributed by atoms with E-state index in [2.05, 4.69) is 54.2 Å². The molecule has 36 heavy (non-hydrogen) atoms. The maximum absolute atomic E-state index is 6.51. The number of nitrogens with two attached hydrogens (primary N) is 1. The Morgan fingerprint density at radius 2 is 1.81 bits per heavy atom. The van der Waals surface area contributed by atoms with Crippen LogP contribution in [0.15, 0.2) is 60.8 Å². The van der Waals surface area contributed by atoms with Crippen molar-refractivity contribution < 1.29 is 32.7 Å². The van der Waals surface area contributed by atoms with Gasteiger partial charge in [-0.15, -0.1) is 23.6 Å². The fourth-order valence-electron chi connectivity index (χ4n) is 5.30. The summed E-state index contributed by atoms with van der Waals surface area (Å²) in [6, 6.07) is 21.7. The Bertz CT molecular complexity index is 1520. The minimum atomic E-state index is 0. The molecule has 6 rings (SSSR count). The average Bonchev–Trinajstić information content (AvgIpc) is 3.30. The van der Waals surface area contributed by atoms with Crippen molar-refractivity contribution >= 4 is 22.1 Å². The van der Waals surface area contributed by atoms with Crippen molar-refractivity contribution in [2.24, 2.45) is 0 Å². The minimum Gasteiger partial charge on any atom is -0.397 e. The summed E-state index contributed by atoms with van der Waals surface area (Å²) in [5, 5.41) is 5.68. The van der Waals surface area contributed by atoms with Gasteiger partial charge in [-0.1, -0.05) is 48.9 Å². The first-order valence-electron chi connectivity index (χ1n) is 12.4. The molecule has 3 aromatic heterocycles. The van der Waals surface area contributed by atoms with Crippen molar-refractivity contribution in [2.75, 3.05) is 25.4 Å². The van der Waals surface area contributed by atoms with Crippen molar-refractivity contribution in [3.8, 4) is 22.5 Å². The second-order valence-corrected chi connectivity index (χ2v) is 9.36. The molecule has 0 amide bonds. The number of nitrogens with zero attached hydrogens (tertiary/aromatic N) is 5. The molecule has 1 aliphatic heterocycles. The number of aromatic nitrogens is 4. The van der Waals surface area contributed by atoms with Gasteiger partial charge in [-0.3, -0.25) is 0 Å². The second-order valence-electron chi connectivity index (χ2n) is 9.36. The van der Waals surface area contributed by atoms with Gasteiger partial charge in [0.15, 0.2) is 0 Å². The Labute approximate surface area is 236 Å². The van der Waals surface area contributed by atoms with Gasteiger partial charge < -0.3 is 15.6 Å². The second kappa shape index (κ2) is 10.4. The summed E-state index contributed by atoms with van der Waals surface area (Å²) in [5.41, 5.74) is 14.0. The number of pyridine rings is 1. The SMILES string of the molecule is CCN1CCC(c2nc(-c3ccc4[c-]cc(-c5ccccc5)nc4c3C)c3c(N)ccnn23)CC1.[Y]. The van der Waals surface area contributed by atoms with Crippen molar-refractivity contribution in [1.82, 2.24) is 24.5 Å². The van der Waals surface area contributed by atoms with E-state index in [0.717, 1.165) is 82.8 Å². The fraction of sp³-hybridized carbons (Fsp3) is 0.276. The van der Waals surface area contributed by atoms with E-state index in [0.29, 0.717) is 11.6 Å². The zero-order chi connectivity index (χ0) is 23.9. The summed E-state index contributed by atoms with van der Waals surface area (Å²) in [6.45, 7) is 7.61. The van der Waals surface area contributed by atoms with Gasteiger partial charge in [0.1, 0.15) is 11.3 Å². The van der Waals surface area contributed by atoms with Crippen LogP contribution in [0.1, 0.15) is 37.1 Å². The molecule has 7 heteroatoms. The number of hydrogen-bond acceptors (Lipinski definition) is 5. The molecule has 2 aromatic carbocycles. The molecule has 2 N–H and O–H groups in total. The van der Waals surface area contributed by atoms with E-state index in [-0.39, 0.29) is 32.7 Å². The Hall–Kier alpha value is -2.67. The minimum absolute atomic E-state index is 0. The summed E-state index contributed by atoms with van der Waals surface area (Å²) in [7, 11) is 0. The van der Waals surface area contributed by atoms with Crippen LogP contribution in [0, 0.1) is 13.0 Å². The number of imidazole rings is 1. The molecule has 1 aliphatic rings. The third-order valence-corrected chi connectivity index (χ3v) is 7.34. The van der Waals surface area contributed by atoms with Gasteiger partial charge in [0, 0.05) is 38.6 Å². The standard InChI is InChI=1S/C29H29N6.Y/c1-3-34-17-14-22(15-18-34)29-33-27(28-24(30)13-16-31-35(28)29)23-11-9-21-10-12-25(32-26(21)19(23)2)20-7-5-4-6-8-20;/h4-9,11-13,16,22H,3,14-15,17-18,30H2,1-2H3;/q-1;. The van der Waals surface area contributed by atoms with Crippen LogP contribution in [0.2, 0.25) is 0 Å². The van der Waals surface area contributed by atoms with Gasteiger partial charge >= 0.3 is 0 Å². The van der Waals surface area contributed by atoms with Crippen LogP contribution in [-0.4, -0.2) is 44.1 Å². The number of anilines is 1. The number of aryl methyl sites for hydroxylation is 1. The molecule has 0 atom stereocenters. The van der Waals surface area contributed by atoms with Gasteiger partial charge in [-0.05, 0) is 67.8 Å². The van der Waals surface area contributed by atoms with Crippen LogP contribution < -0.4 is 5.73 Å². The quantitative estimate of drug-likeness (QED) is 0.300. The molecule has 5 aromatic rings. The number of rotatable bonds is 4. The number of benzene rings is 2. The maximum atomic E-state index is 6.51. The van der Waals surface area contributed by atoms with Crippen LogP contribution in [0.3, 0.4) is 0 Å². The summed E-state index contributed by atoms with van der Waals surface area (Å²) in [5.74, 6) is 1.38. The maximum Gasteiger partial charge on any atom is 0.134 e. The molecular formula is C29H29N6Y-. The summed E-state index contributed by atoms with van der Waals surface area (Å²) in [6.07, 6.45) is 3.93. The van der Waals surface area contributed by atoms with Crippen molar-refractivity contribution in [2.45, 2.75) is 32.6 Å². The normalized spacial score (nSPS) is 14.8. The van der Waals surface area contributed by atoms with Crippen LogP contribution >= 0.6 is 0 Å². The Morgan fingerprint density at radius 3 is 2.56 bits per heavy atom. The molecule has 0 saturated carbocycles. The average molecular weight is 550 g/mol. The van der Waals surface area contributed by atoms with Gasteiger partial charge in [0.2, 0.25) is 0 Å². The van der Waals surface area contributed by atoms with Crippen molar-refractivity contribution in [3.05, 3.63) is 78.2 Å². The van der Waals surface area contributed by atoms with Gasteiger partial charge in [0.05, 0.1) is 17.6 Å². The predicted molar refractivity (Wildman–Crippen MR) is 141 cm³/mol.